The zero-order valence-corrected chi connectivity index (χ0v) is 23.8. The monoisotopic (exact) mass is 492 g/mol. The van der Waals surface area contributed by atoms with Gasteiger partial charge in [-0.1, -0.05) is 75.2 Å². The van der Waals surface area contributed by atoms with E-state index in [-0.39, 0.29) is 0 Å². The van der Waals surface area contributed by atoms with Crippen molar-refractivity contribution in [1.82, 2.24) is 0 Å². The van der Waals surface area contributed by atoms with E-state index < -0.39 is 14.5 Å². The summed E-state index contributed by atoms with van der Waals surface area (Å²) in [6.45, 7) is 9.56. The lowest BCUT2D eigenvalue weighted by Gasteiger charge is -2.28. The van der Waals surface area contributed by atoms with E-state index in [0.717, 1.165) is 0 Å². The molecule has 0 saturated carbocycles. The second kappa shape index (κ2) is 13.6. The average Bonchev–Trinajstić information content (AvgIpc) is 2.91. The second-order valence-electron chi connectivity index (χ2n) is 9.75. The largest absolute Gasteiger partial charge is 0.112 e. The predicted octanol–water partition coefficient (Wildman–Crippen LogP) is 8.18. The summed E-state index contributed by atoms with van der Waals surface area (Å²) >= 11 is 0. The molecule has 0 aliphatic carbocycles. The molecule has 0 aromatic heterocycles. The van der Waals surface area contributed by atoms with Crippen molar-refractivity contribution in [2.75, 3.05) is 30.8 Å². The first-order chi connectivity index (χ1) is 16.6. The van der Waals surface area contributed by atoms with Crippen LogP contribution in [0.25, 0.3) is 0 Å². The highest BCUT2D eigenvalue weighted by atomic mass is 31.2. The van der Waals surface area contributed by atoms with Gasteiger partial charge in [0.25, 0.3) is 0 Å². The van der Waals surface area contributed by atoms with E-state index in [1.54, 1.807) is 5.30 Å². The molecule has 0 amide bonds. The Balaban J connectivity index is 1.95. The van der Waals surface area contributed by atoms with Gasteiger partial charge < -0.3 is 0 Å². The fourth-order valence-corrected chi connectivity index (χ4v) is 13.5. The highest BCUT2D eigenvalue weighted by molar-refractivity contribution is 7.95. The molecule has 182 valence electrons. The van der Waals surface area contributed by atoms with E-state index in [2.05, 4.69) is 113 Å². The molecule has 0 heterocycles. The van der Waals surface area contributed by atoms with Crippen LogP contribution in [0.4, 0.5) is 0 Å². The number of rotatable bonds is 14. The summed E-state index contributed by atoms with van der Waals surface area (Å²) in [5, 5.41) is 4.58. The van der Waals surface area contributed by atoms with Crippen molar-refractivity contribution < 1.29 is 0 Å². The summed E-state index contributed by atoms with van der Waals surface area (Å²) in [5.74, 6) is 0. The molecule has 0 radical (unpaired) electrons. The van der Waals surface area contributed by atoms with Crippen LogP contribution in [-0.4, -0.2) is 30.8 Å². The van der Waals surface area contributed by atoms with E-state index >= 15 is 0 Å². The maximum atomic E-state index is 2.49. The van der Waals surface area contributed by atoms with Crippen LogP contribution in [0.3, 0.4) is 0 Å². The lowest BCUT2D eigenvalue weighted by atomic mass is 10.2. The van der Waals surface area contributed by atoms with Gasteiger partial charge in [0.2, 0.25) is 0 Å². The van der Waals surface area contributed by atoms with Crippen LogP contribution in [0, 0.1) is 0 Å². The molecule has 3 rings (SSSR count). The molecule has 0 atom stereocenters. The summed E-state index contributed by atoms with van der Waals surface area (Å²) in [5.41, 5.74) is 1.53. The van der Waals surface area contributed by atoms with Crippen molar-refractivity contribution in [3.8, 4) is 0 Å². The third-order valence-corrected chi connectivity index (χ3v) is 17.5. The molecule has 0 nitrogen and oxygen atoms in total. The third kappa shape index (κ3) is 6.39. The van der Waals surface area contributed by atoms with Crippen molar-refractivity contribution in [3.05, 3.63) is 90.5 Å². The predicted molar refractivity (Wildman–Crippen MR) is 161 cm³/mol. The quantitative estimate of drug-likeness (QED) is 0.199. The van der Waals surface area contributed by atoms with E-state index in [9.17, 15) is 0 Å². The third-order valence-electron chi connectivity index (χ3n) is 7.82. The van der Waals surface area contributed by atoms with E-state index in [0.29, 0.717) is 0 Å². The molecule has 3 aromatic carbocycles. The minimum atomic E-state index is -1.66. The van der Waals surface area contributed by atoms with Crippen LogP contribution in [0.5, 0.6) is 0 Å². The maximum absolute atomic E-state index is 2.49. The minimum Gasteiger partial charge on any atom is -0.0652 e. The van der Waals surface area contributed by atoms with E-state index in [1.807, 2.05) is 0 Å². The fraction of sp³-hybridized carbons (Fsp3) is 0.438. The molecule has 0 spiro atoms. The first-order valence-electron chi connectivity index (χ1n) is 13.6. The van der Waals surface area contributed by atoms with Crippen molar-refractivity contribution in [2.45, 2.75) is 59.8 Å². The molecule has 0 unspecified atom stereocenters. The highest BCUT2D eigenvalue weighted by Crippen LogP contribution is 2.59. The van der Waals surface area contributed by atoms with E-state index in [1.165, 1.54) is 79.1 Å². The fourth-order valence-electron chi connectivity index (χ4n) is 5.34. The molecule has 0 fully saturated rings. The van der Waals surface area contributed by atoms with Crippen molar-refractivity contribution in [3.63, 3.8) is 0 Å². The standard InChI is InChI=1S/C32H46P2/c1-5-9-26-33(7-3,8-4)28-25-29-21-23-32(24-22-29)34(27-10-6-2,30-17-13-11-14-18-30)31-19-15-12-16-20-31/h11-24H,5-10,25-28H2,1-4H3/q+2. The normalized spacial score (nSPS) is 12.1. The highest BCUT2D eigenvalue weighted by Gasteiger charge is 2.44. The van der Waals surface area contributed by atoms with Gasteiger partial charge in [-0.05, 0) is 68.7 Å². The topological polar surface area (TPSA) is 0 Å². The van der Waals surface area contributed by atoms with Gasteiger partial charge in [-0.15, -0.1) is 0 Å². The Hall–Kier alpha value is -1.48. The number of aryl methyl sites for hydroxylation is 1. The summed E-state index contributed by atoms with van der Waals surface area (Å²) in [7, 11) is -2.45. The zero-order chi connectivity index (χ0) is 24.3. The van der Waals surface area contributed by atoms with Crippen LogP contribution < -0.4 is 15.9 Å². The Kier molecular flexibility index (Phi) is 10.8. The number of benzene rings is 3. The van der Waals surface area contributed by atoms with Gasteiger partial charge >= 0.3 is 0 Å². The first kappa shape index (κ1) is 27.1. The first-order valence-corrected chi connectivity index (χ1v) is 18.1. The number of hydrogen-bond donors (Lipinski definition) is 0. The van der Waals surface area contributed by atoms with Crippen LogP contribution in [0.15, 0.2) is 84.9 Å². The lowest BCUT2D eigenvalue weighted by Crippen LogP contribution is -2.33. The Bertz CT molecular complexity index is 904. The molecule has 0 aliphatic rings. The van der Waals surface area contributed by atoms with Crippen LogP contribution in [-0.2, 0) is 6.42 Å². The smallest absolute Gasteiger partial charge is 0.0652 e. The van der Waals surface area contributed by atoms with Crippen LogP contribution in [0.2, 0.25) is 0 Å². The molecule has 0 bridgehead atoms. The van der Waals surface area contributed by atoms with Gasteiger partial charge in [0.1, 0.15) is 23.2 Å². The molecular formula is C32H46P2+2. The average molecular weight is 493 g/mol. The number of unbranched alkanes of at least 4 members (excludes halogenated alkanes) is 2. The van der Waals surface area contributed by atoms with Crippen molar-refractivity contribution >= 4 is 30.4 Å². The van der Waals surface area contributed by atoms with Gasteiger partial charge in [-0.2, -0.15) is 0 Å². The summed E-state index contributed by atoms with van der Waals surface area (Å²) in [4.78, 5) is 0. The second-order valence-corrected chi connectivity index (χ2v) is 18.2. The van der Waals surface area contributed by atoms with Gasteiger partial charge in [0.15, 0.2) is 0 Å². The van der Waals surface area contributed by atoms with Gasteiger partial charge in [0.05, 0.1) is 30.8 Å². The molecule has 0 saturated heterocycles. The van der Waals surface area contributed by atoms with Gasteiger partial charge in [0, 0.05) is 13.7 Å². The summed E-state index contributed by atoms with van der Waals surface area (Å²) < 4.78 is 0. The van der Waals surface area contributed by atoms with Crippen molar-refractivity contribution in [1.29, 1.82) is 0 Å². The maximum Gasteiger partial charge on any atom is 0.112 e. The Morgan fingerprint density at radius 1 is 0.500 bits per heavy atom. The van der Waals surface area contributed by atoms with E-state index in [4.69, 9.17) is 0 Å². The summed E-state index contributed by atoms with van der Waals surface area (Å²) in [6.07, 6.45) is 13.5. The van der Waals surface area contributed by atoms with Crippen molar-refractivity contribution in [2.24, 2.45) is 0 Å². The summed E-state index contributed by atoms with van der Waals surface area (Å²) in [6, 6.07) is 32.6. The molecule has 2 heteroatoms. The Morgan fingerprint density at radius 3 is 1.44 bits per heavy atom. The lowest BCUT2D eigenvalue weighted by molar-refractivity contribution is 0.880. The van der Waals surface area contributed by atoms with Crippen LogP contribution in [0.1, 0.15) is 58.9 Å². The molecule has 3 aromatic rings. The van der Waals surface area contributed by atoms with Gasteiger partial charge in [-0.3, -0.25) is 0 Å². The molecule has 0 N–H and O–H groups in total. The Labute approximate surface area is 211 Å². The zero-order valence-electron chi connectivity index (χ0n) is 22.0. The van der Waals surface area contributed by atoms with Crippen LogP contribution >= 0.6 is 14.5 Å². The number of hydrogen-bond acceptors (Lipinski definition) is 0. The molecule has 34 heavy (non-hydrogen) atoms. The minimum absolute atomic E-state index is 0.788. The Morgan fingerprint density at radius 2 is 0.971 bits per heavy atom. The molecule has 0 aliphatic heterocycles. The molecular weight excluding hydrogens is 446 g/mol. The SMILES string of the molecule is CCCC[P+](CC)(CC)CCc1ccc([P+](CCCC)(c2ccccc2)c2ccccc2)cc1. The van der Waals surface area contributed by atoms with Gasteiger partial charge in [-0.25, -0.2) is 0 Å².